The summed E-state index contributed by atoms with van der Waals surface area (Å²) in [6, 6.07) is 12.5. The van der Waals surface area contributed by atoms with Crippen LogP contribution in [0.1, 0.15) is 31.0 Å². The Kier molecular flexibility index (Phi) is 2.98. The highest BCUT2D eigenvalue weighted by atomic mass is 19.1. The van der Waals surface area contributed by atoms with Gasteiger partial charge in [0, 0.05) is 17.5 Å². The van der Waals surface area contributed by atoms with Crippen molar-refractivity contribution in [3.05, 3.63) is 59.4 Å². The Morgan fingerprint density at radius 3 is 2.78 bits per heavy atom. The lowest BCUT2D eigenvalue weighted by molar-refractivity contribution is -0.113. The molecule has 2 aliphatic heterocycles. The van der Waals surface area contributed by atoms with Crippen LogP contribution in [0.4, 0.5) is 10.1 Å². The van der Waals surface area contributed by atoms with Crippen molar-refractivity contribution in [3.8, 4) is 5.75 Å². The van der Waals surface area contributed by atoms with Gasteiger partial charge >= 0.3 is 0 Å². The monoisotopic (exact) mass is 311 g/mol. The lowest BCUT2D eigenvalue weighted by atomic mass is 9.87. The molecule has 0 N–H and O–H groups in total. The number of carbonyl (C=O) groups is 1. The van der Waals surface area contributed by atoms with Crippen LogP contribution in [0.2, 0.25) is 0 Å². The zero-order valence-electron chi connectivity index (χ0n) is 13.1. The molecule has 2 unspecified atom stereocenters. The van der Waals surface area contributed by atoms with Gasteiger partial charge in [-0.15, -0.1) is 0 Å². The predicted octanol–water partition coefficient (Wildman–Crippen LogP) is 3.62. The van der Waals surface area contributed by atoms with E-state index in [0.717, 1.165) is 17.4 Å². The molecule has 2 aromatic rings. The maximum atomic E-state index is 14.6. The number of hydrogen-bond acceptors (Lipinski definition) is 3. The van der Waals surface area contributed by atoms with Gasteiger partial charge in [0.2, 0.25) is 0 Å². The van der Waals surface area contributed by atoms with E-state index in [0.29, 0.717) is 18.0 Å². The molecule has 0 amide bonds. The third-order valence-corrected chi connectivity index (χ3v) is 4.85. The number of anilines is 1. The molecule has 0 aliphatic carbocycles. The van der Waals surface area contributed by atoms with E-state index in [1.165, 1.54) is 6.07 Å². The van der Waals surface area contributed by atoms with Crippen molar-refractivity contribution in [2.45, 2.75) is 31.4 Å². The molecule has 0 radical (unpaired) electrons. The Morgan fingerprint density at radius 2 is 2.00 bits per heavy atom. The number of aldehydes is 1. The van der Waals surface area contributed by atoms with Gasteiger partial charge in [-0.3, -0.25) is 4.79 Å². The Labute approximate surface area is 134 Å². The SMILES string of the molecule is CC1(C)CN(C2c3ccccc3OC2C=O)c2c(F)cccc21. The zero-order valence-corrected chi connectivity index (χ0v) is 13.1. The molecule has 2 atom stereocenters. The average Bonchev–Trinajstić information content (AvgIpc) is 3.03. The summed E-state index contributed by atoms with van der Waals surface area (Å²) in [5.74, 6) is 0.458. The fourth-order valence-corrected chi connectivity index (χ4v) is 3.85. The largest absolute Gasteiger partial charge is 0.480 e. The van der Waals surface area contributed by atoms with Gasteiger partial charge in [0.1, 0.15) is 17.6 Å². The second-order valence-electron chi connectivity index (χ2n) is 6.85. The topological polar surface area (TPSA) is 29.5 Å². The molecule has 0 fully saturated rings. The summed E-state index contributed by atoms with van der Waals surface area (Å²) in [7, 11) is 0. The van der Waals surface area contributed by atoms with Gasteiger partial charge in [-0.1, -0.05) is 44.2 Å². The molecule has 2 aromatic carbocycles. The van der Waals surface area contributed by atoms with Crippen molar-refractivity contribution in [2.24, 2.45) is 0 Å². The highest BCUT2D eigenvalue weighted by molar-refractivity contribution is 5.70. The van der Waals surface area contributed by atoms with Crippen LogP contribution in [0.3, 0.4) is 0 Å². The number of nitrogens with zero attached hydrogens (tertiary/aromatic N) is 1. The third kappa shape index (κ3) is 1.97. The lowest BCUT2D eigenvalue weighted by Gasteiger charge is -2.30. The first-order valence-corrected chi connectivity index (χ1v) is 7.79. The molecule has 0 aromatic heterocycles. The smallest absolute Gasteiger partial charge is 0.178 e. The number of rotatable bonds is 2. The second kappa shape index (κ2) is 4.82. The van der Waals surface area contributed by atoms with E-state index in [4.69, 9.17) is 4.74 Å². The molecular weight excluding hydrogens is 293 g/mol. The van der Waals surface area contributed by atoms with Gasteiger partial charge in [-0.25, -0.2) is 4.39 Å². The van der Waals surface area contributed by atoms with Gasteiger partial charge < -0.3 is 9.64 Å². The first-order valence-electron chi connectivity index (χ1n) is 7.79. The minimum absolute atomic E-state index is 0.178. The van der Waals surface area contributed by atoms with Crippen LogP contribution in [0.15, 0.2) is 42.5 Å². The van der Waals surface area contributed by atoms with Crippen LogP contribution in [0.25, 0.3) is 0 Å². The Hall–Kier alpha value is -2.36. The second-order valence-corrected chi connectivity index (χ2v) is 6.85. The van der Waals surface area contributed by atoms with Crippen LogP contribution in [0.5, 0.6) is 5.75 Å². The predicted molar refractivity (Wildman–Crippen MR) is 86.4 cm³/mol. The summed E-state index contributed by atoms with van der Waals surface area (Å²) in [6.07, 6.45) is 0.199. The molecule has 4 heteroatoms. The van der Waals surface area contributed by atoms with E-state index in [9.17, 15) is 9.18 Å². The van der Waals surface area contributed by atoms with Crippen molar-refractivity contribution < 1.29 is 13.9 Å². The average molecular weight is 311 g/mol. The quantitative estimate of drug-likeness (QED) is 0.793. The van der Waals surface area contributed by atoms with Gasteiger partial charge in [-0.05, 0) is 17.7 Å². The summed E-state index contributed by atoms with van der Waals surface area (Å²) < 4.78 is 20.3. The standard InChI is InChI=1S/C19H18FNO2/c1-19(2)11-21(18-13(19)7-5-8-14(18)20)17-12-6-3-4-9-15(12)23-16(17)10-22/h3-10,16-17H,11H2,1-2H3. The number of ether oxygens (including phenoxy) is 1. The number of halogens is 1. The molecule has 118 valence electrons. The van der Waals surface area contributed by atoms with Gasteiger partial charge in [0.05, 0.1) is 5.69 Å². The minimum atomic E-state index is -0.617. The molecular formula is C19H18FNO2. The molecule has 3 nitrogen and oxygen atoms in total. The molecule has 0 saturated carbocycles. The van der Waals surface area contributed by atoms with E-state index in [1.807, 2.05) is 35.2 Å². The fourth-order valence-electron chi connectivity index (χ4n) is 3.85. The minimum Gasteiger partial charge on any atom is -0.480 e. The van der Waals surface area contributed by atoms with Crippen LogP contribution in [-0.4, -0.2) is 18.9 Å². The van der Waals surface area contributed by atoms with E-state index < -0.39 is 6.10 Å². The van der Waals surface area contributed by atoms with Crippen molar-refractivity contribution in [1.29, 1.82) is 0 Å². The lowest BCUT2D eigenvalue weighted by Crippen LogP contribution is -2.38. The maximum Gasteiger partial charge on any atom is 0.178 e. The zero-order chi connectivity index (χ0) is 16.2. The fraction of sp³-hybridized carbons (Fsp3) is 0.316. The van der Waals surface area contributed by atoms with E-state index in [-0.39, 0.29) is 17.3 Å². The van der Waals surface area contributed by atoms with Crippen molar-refractivity contribution in [3.63, 3.8) is 0 Å². The number of para-hydroxylation sites is 2. The highest BCUT2D eigenvalue weighted by Gasteiger charge is 2.46. The molecule has 0 spiro atoms. The van der Waals surface area contributed by atoms with Crippen LogP contribution in [-0.2, 0) is 10.2 Å². The van der Waals surface area contributed by atoms with Gasteiger partial charge in [-0.2, -0.15) is 0 Å². The summed E-state index contributed by atoms with van der Waals surface area (Å²) in [5, 5.41) is 0. The molecule has 23 heavy (non-hydrogen) atoms. The Balaban J connectivity index is 1.88. The van der Waals surface area contributed by atoms with Crippen molar-refractivity contribution in [2.75, 3.05) is 11.4 Å². The van der Waals surface area contributed by atoms with E-state index in [1.54, 1.807) is 6.07 Å². The van der Waals surface area contributed by atoms with Crippen LogP contribution >= 0.6 is 0 Å². The summed E-state index contributed by atoms with van der Waals surface area (Å²) >= 11 is 0. The van der Waals surface area contributed by atoms with Crippen molar-refractivity contribution in [1.82, 2.24) is 0 Å². The maximum absolute atomic E-state index is 14.6. The molecule has 2 aliphatic rings. The number of carbonyl (C=O) groups excluding carboxylic acids is 1. The van der Waals surface area contributed by atoms with Crippen LogP contribution < -0.4 is 9.64 Å². The normalized spacial score (nSPS) is 24.0. The molecule has 4 rings (SSSR count). The number of hydrogen-bond donors (Lipinski definition) is 0. The summed E-state index contributed by atoms with van der Waals surface area (Å²) in [4.78, 5) is 13.6. The molecule has 0 bridgehead atoms. The Bertz CT molecular complexity index is 787. The van der Waals surface area contributed by atoms with Crippen LogP contribution in [0, 0.1) is 5.82 Å². The van der Waals surface area contributed by atoms with Crippen molar-refractivity contribution >= 4 is 12.0 Å². The van der Waals surface area contributed by atoms with E-state index in [2.05, 4.69) is 13.8 Å². The van der Waals surface area contributed by atoms with Gasteiger partial charge in [0.25, 0.3) is 0 Å². The first kappa shape index (κ1) is 14.2. The summed E-state index contributed by atoms with van der Waals surface area (Å²) in [5.41, 5.74) is 2.33. The summed E-state index contributed by atoms with van der Waals surface area (Å²) in [6.45, 7) is 4.85. The highest BCUT2D eigenvalue weighted by Crippen LogP contribution is 2.49. The third-order valence-electron chi connectivity index (χ3n) is 4.85. The Morgan fingerprint density at radius 1 is 1.22 bits per heavy atom. The molecule has 0 saturated heterocycles. The number of benzene rings is 2. The number of fused-ring (bicyclic) bond motifs is 2. The molecule has 2 heterocycles. The van der Waals surface area contributed by atoms with E-state index >= 15 is 0 Å². The van der Waals surface area contributed by atoms with Gasteiger partial charge in [0.15, 0.2) is 12.4 Å². The first-order chi connectivity index (χ1) is 11.0.